The fraction of sp³-hybridized carbons (Fsp3) is 0.308. The quantitative estimate of drug-likeness (QED) is 0.900. The molecule has 0 fully saturated rings. The standard InChI is InChI=1S/C13H16ClN3/c1-2-3-7-17-9-16-12(13(17)15)10-5-4-6-11(14)8-10/h4-6,8-9H,2-3,7,15H2,1H3. The highest BCUT2D eigenvalue weighted by Crippen LogP contribution is 2.26. The van der Waals surface area contributed by atoms with Gasteiger partial charge in [0.2, 0.25) is 0 Å². The second kappa shape index (κ2) is 5.23. The van der Waals surface area contributed by atoms with E-state index in [-0.39, 0.29) is 0 Å². The molecule has 2 rings (SSSR count). The molecule has 2 aromatic rings. The molecular formula is C13H16ClN3. The van der Waals surface area contributed by atoms with Gasteiger partial charge in [0.1, 0.15) is 11.5 Å². The first-order valence-electron chi connectivity index (χ1n) is 5.79. The fourth-order valence-electron chi connectivity index (χ4n) is 1.76. The molecule has 0 saturated heterocycles. The van der Waals surface area contributed by atoms with Gasteiger partial charge < -0.3 is 10.3 Å². The number of aryl methyl sites for hydroxylation is 1. The zero-order valence-electron chi connectivity index (χ0n) is 9.86. The molecule has 3 nitrogen and oxygen atoms in total. The van der Waals surface area contributed by atoms with Crippen molar-refractivity contribution in [3.8, 4) is 11.3 Å². The van der Waals surface area contributed by atoms with E-state index in [1.54, 1.807) is 6.33 Å². The topological polar surface area (TPSA) is 43.8 Å². The van der Waals surface area contributed by atoms with Crippen LogP contribution in [-0.2, 0) is 6.54 Å². The summed E-state index contributed by atoms with van der Waals surface area (Å²) in [5, 5.41) is 0.699. The fourth-order valence-corrected chi connectivity index (χ4v) is 1.95. The Morgan fingerprint density at radius 1 is 1.41 bits per heavy atom. The summed E-state index contributed by atoms with van der Waals surface area (Å²) in [5.41, 5.74) is 7.86. The zero-order chi connectivity index (χ0) is 12.3. The second-order valence-corrected chi connectivity index (χ2v) is 4.47. The Kier molecular flexibility index (Phi) is 3.69. The minimum atomic E-state index is 0.699. The summed E-state index contributed by atoms with van der Waals surface area (Å²) in [6.07, 6.45) is 4.04. The molecule has 0 bridgehead atoms. The van der Waals surface area contributed by atoms with Crippen LogP contribution in [0.2, 0.25) is 5.02 Å². The smallest absolute Gasteiger partial charge is 0.131 e. The summed E-state index contributed by atoms with van der Waals surface area (Å²) < 4.78 is 1.99. The van der Waals surface area contributed by atoms with Gasteiger partial charge in [0.05, 0.1) is 6.33 Å². The number of unbranched alkanes of at least 4 members (excludes halogenated alkanes) is 1. The first-order chi connectivity index (χ1) is 8.22. The Labute approximate surface area is 106 Å². The van der Waals surface area contributed by atoms with Crippen molar-refractivity contribution in [3.63, 3.8) is 0 Å². The zero-order valence-corrected chi connectivity index (χ0v) is 10.6. The van der Waals surface area contributed by atoms with Gasteiger partial charge in [-0.2, -0.15) is 0 Å². The van der Waals surface area contributed by atoms with Crippen molar-refractivity contribution < 1.29 is 0 Å². The van der Waals surface area contributed by atoms with Gasteiger partial charge in [0.15, 0.2) is 0 Å². The van der Waals surface area contributed by atoms with Crippen LogP contribution in [0.5, 0.6) is 0 Å². The molecule has 0 spiro atoms. The Balaban J connectivity index is 2.30. The van der Waals surface area contributed by atoms with Crippen LogP contribution in [0.25, 0.3) is 11.3 Å². The third-order valence-electron chi connectivity index (χ3n) is 2.73. The molecule has 17 heavy (non-hydrogen) atoms. The van der Waals surface area contributed by atoms with Crippen LogP contribution < -0.4 is 5.73 Å². The van der Waals surface area contributed by atoms with E-state index in [2.05, 4.69) is 11.9 Å². The Hall–Kier alpha value is -1.48. The maximum Gasteiger partial charge on any atom is 0.131 e. The van der Waals surface area contributed by atoms with Crippen LogP contribution >= 0.6 is 11.6 Å². The number of hydrogen-bond acceptors (Lipinski definition) is 2. The van der Waals surface area contributed by atoms with Crippen LogP contribution in [0.4, 0.5) is 5.82 Å². The number of nitrogens with two attached hydrogens (primary N) is 1. The van der Waals surface area contributed by atoms with Crippen LogP contribution in [0, 0.1) is 0 Å². The van der Waals surface area contributed by atoms with Crippen molar-refractivity contribution in [1.29, 1.82) is 0 Å². The van der Waals surface area contributed by atoms with E-state index in [0.29, 0.717) is 10.8 Å². The number of rotatable bonds is 4. The molecule has 4 heteroatoms. The van der Waals surface area contributed by atoms with E-state index in [4.69, 9.17) is 17.3 Å². The predicted octanol–water partition coefficient (Wildman–Crippen LogP) is 3.59. The monoisotopic (exact) mass is 249 g/mol. The largest absolute Gasteiger partial charge is 0.383 e. The number of benzene rings is 1. The van der Waals surface area contributed by atoms with Crippen molar-refractivity contribution in [2.75, 3.05) is 5.73 Å². The predicted molar refractivity (Wildman–Crippen MR) is 72.0 cm³/mol. The summed E-state index contributed by atoms with van der Waals surface area (Å²) in [4.78, 5) is 4.36. The molecule has 0 aliphatic rings. The van der Waals surface area contributed by atoms with Crippen LogP contribution in [-0.4, -0.2) is 9.55 Å². The highest BCUT2D eigenvalue weighted by atomic mass is 35.5. The minimum Gasteiger partial charge on any atom is -0.383 e. The number of nitrogen functional groups attached to an aromatic ring is 1. The van der Waals surface area contributed by atoms with Crippen LogP contribution in [0.3, 0.4) is 0 Å². The SMILES string of the molecule is CCCCn1cnc(-c2cccc(Cl)c2)c1N. The van der Waals surface area contributed by atoms with Gasteiger partial charge in [0.25, 0.3) is 0 Å². The highest BCUT2D eigenvalue weighted by Gasteiger charge is 2.09. The lowest BCUT2D eigenvalue weighted by Crippen LogP contribution is -2.01. The number of halogens is 1. The molecule has 1 aromatic heterocycles. The lowest BCUT2D eigenvalue weighted by atomic mass is 10.1. The molecule has 1 heterocycles. The maximum absolute atomic E-state index is 6.08. The van der Waals surface area contributed by atoms with Crippen LogP contribution in [0.15, 0.2) is 30.6 Å². The van der Waals surface area contributed by atoms with E-state index in [0.717, 1.165) is 30.6 Å². The highest BCUT2D eigenvalue weighted by molar-refractivity contribution is 6.30. The molecule has 0 aliphatic heterocycles. The average molecular weight is 250 g/mol. The molecule has 0 saturated carbocycles. The molecule has 0 amide bonds. The molecular weight excluding hydrogens is 234 g/mol. The number of imidazole rings is 1. The summed E-state index contributed by atoms with van der Waals surface area (Å²) in [5.74, 6) is 0.709. The first kappa shape index (κ1) is 12.0. The molecule has 2 N–H and O–H groups in total. The molecule has 0 aliphatic carbocycles. The molecule has 0 atom stereocenters. The molecule has 0 unspecified atom stereocenters. The lowest BCUT2D eigenvalue weighted by Gasteiger charge is -2.04. The Morgan fingerprint density at radius 3 is 2.94 bits per heavy atom. The number of aromatic nitrogens is 2. The molecule has 1 aromatic carbocycles. The Bertz CT molecular complexity index is 505. The van der Waals surface area contributed by atoms with Gasteiger partial charge in [-0.15, -0.1) is 0 Å². The van der Waals surface area contributed by atoms with Crippen molar-refractivity contribution in [3.05, 3.63) is 35.6 Å². The van der Waals surface area contributed by atoms with E-state index in [1.807, 2.05) is 28.8 Å². The summed E-state index contributed by atoms with van der Waals surface area (Å²) in [6, 6.07) is 7.59. The van der Waals surface area contributed by atoms with Crippen molar-refractivity contribution in [2.45, 2.75) is 26.3 Å². The third-order valence-corrected chi connectivity index (χ3v) is 2.96. The summed E-state index contributed by atoms with van der Waals surface area (Å²) in [7, 11) is 0. The van der Waals surface area contributed by atoms with Gasteiger partial charge in [-0.25, -0.2) is 4.98 Å². The lowest BCUT2D eigenvalue weighted by molar-refractivity contribution is 0.637. The normalized spacial score (nSPS) is 10.7. The van der Waals surface area contributed by atoms with E-state index >= 15 is 0 Å². The second-order valence-electron chi connectivity index (χ2n) is 4.04. The van der Waals surface area contributed by atoms with Gasteiger partial charge >= 0.3 is 0 Å². The Morgan fingerprint density at radius 2 is 2.24 bits per heavy atom. The van der Waals surface area contributed by atoms with Gasteiger partial charge in [-0.3, -0.25) is 0 Å². The number of nitrogens with zero attached hydrogens (tertiary/aromatic N) is 2. The first-order valence-corrected chi connectivity index (χ1v) is 6.16. The molecule has 0 radical (unpaired) electrons. The van der Waals surface area contributed by atoms with Gasteiger partial charge in [0, 0.05) is 17.1 Å². The maximum atomic E-state index is 6.08. The van der Waals surface area contributed by atoms with Crippen molar-refractivity contribution >= 4 is 17.4 Å². The van der Waals surface area contributed by atoms with E-state index in [1.165, 1.54) is 0 Å². The van der Waals surface area contributed by atoms with Crippen LogP contribution in [0.1, 0.15) is 19.8 Å². The van der Waals surface area contributed by atoms with Crippen molar-refractivity contribution in [1.82, 2.24) is 9.55 Å². The third kappa shape index (κ3) is 2.61. The average Bonchev–Trinajstić information content (AvgIpc) is 2.68. The minimum absolute atomic E-state index is 0.699. The summed E-state index contributed by atoms with van der Waals surface area (Å²) in [6.45, 7) is 3.07. The van der Waals surface area contributed by atoms with Gasteiger partial charge in [-0.1, -0.05) is 37.1 Å². The van der Waals surface area contributed by atoms with Gasteiger partial charge in [-0.05, 0) is 18.6 Å². The van der Waals surface area contributed by atoms with E-state index < -0.39 is 0 Å². The summed E-state index contributed by atoms with van der Waals surface area (Å²) >= 11 is 5.96. The molecule has 90 valence electrons. The van der Waals surface area contributed by atoms with E-state index in [9.17, 15) is 0 Å². The number of hydrogen-bond donors (Lipinski definition) is 1. The number of anilines is 1. The van der Waals surface area contributed by atoms with Crippen molar-refractivity contribution in [2.24, 2.45) is 0 Å².